The summed E-state index contributed by atoms with van der Waals surface area (Å²) < 4.78 is 0. The molecule has 104 valence electrons. The van der Waals surface area contributed by atoms with Crippen LogP contribution in [0.15, 0.2) is 30.3 Å². The quantitative estimate of drug-likeness (QED) is 0.884. The molecule has 1 aromatic heterocycles. The maximum absolute atomic E-state index is 4.98. The summed E-state index contributed by atoms with van der Waals surface area (Å²) in [6.07, 6.45) is 6.72. The van der Waals surface area contributed by atoms with Crippen LogP contribution >= 0.6 is 11.3 Å². The molecule has 20 heavy (non-hydrogen) atoms. The van der Waals surface area contributed by atoms with E-state index in [0.717, 1.165) is 18.5 Å². The van der Waals surface area contributed by atoms with E-state index in [1.165, 1.54) is 53.2 Å². The van der Waals surface area contributed by atoms with Crippen molar-refractivity contribution in [2.45, 2.75) is 50.6 Å². The van der Waals surface area contributed by atoms with Crippen molar-refractivity contribution in [3.8, 4) is 11.3 Å². The lowest BCUT2D eigenvalue weighted by molar-refractivity contribution is 0.418. The molecule has 3 heteroatoms. The summed E-state index contributed by atoms with van der Waals surface area (Å²) in [7, 11) is 0. The van der Waals surface area contributed by atoms with Crippen molar-refractivity contribution >= 4 is 11.3 Å². The van der Waals surface area contributed by atoms with Crippen LogP contribution in [0.5, 0.6) is 0 Å². The Labute approximate surface area is 124 Å². The van der Waals surface area contributed by atoms with Crippen molar-refractivity contribution in [1.82, 2.24) is 10.3 Å². The Hall–Kier alpha value is -1.19. The lowest BCUT2D eigenvalue weighted by Crippen LogP contribution is -2.14. The van der Waals surface area contributed by atoms with Crippen molar-refractivity contribution in [2.24, 2.45) is 0 Å². The van der Waals surface area contributed by atoms with Crippen LogP contribution in [0.1, 0.15) is 47.9 Å². The summed E-state index contributed by atoms with van der Waals surface area (Å²) in [6, 6.07) is 11.4. The molecule has 0 aliphatic heterocycles. The van der Waals surface area contributed by atoms with Crippen molar-refractivity contribution in [3.05, 3.63) is 40.2 Å². The Balaban J connectivity index is 1.64. The van der Waals surface area contributed by atoms with Gasteiger partial charge in [-0.2, -0.15) is 0 Å². The number of thiazole rings is 1. The van der Waals surface area contributed by atoms with Gasteiger partial charge in [0.15, 0.2) is 0 Å². The van der Waals surface area contributed by atoms with Crippen LogP contribution < -0.4 is 5.32 Å². The highest BCUT2D eigenvalue weighted by Crippen LogP contribution is 2.41. The summed E-state index contributed by atoms with van der Waals surface area (Å²) in [6.45, 7) is 0.985. The van der Waals surface area contributed by atoms with E-state index >= 15 is 0 Å². The monoisotopic (exact) mass is 284 g/mol. The van der Waals surface area contributed by atoms with Gasteiger partial charge in [-0.05, 0) is 25.7 Å². The highest BCUT2D eigenvalue weighted by Gasteiger charge is 2.26. The molecule has 1 N–H and O–H groups in total. The first-order chi connectivity index (χ1) is 9.90. The van der Waals surface area contributed by atoms with E-state index in [-0.39, 0.29) is 0 Å². The number of hydrogen-bond donors (Lipinski definition) is 1. The maximum Gasteiger partial charge on any atom is 0.0966 e. The average molecular weight is 284 g/mol. The highest BCUT2D eigenvalue weighted by molar-refractivity contribution is 7.12. The molecule has 2 aromatic rings. The Morgan fingerprint density at radius 2 is 1.90 bits per heavy atom. The summed E-state index contributed by atoms with van der Waals surface area (Å²) in [5, 5.41) is 5.01. The van der Waals surface area contributed by atoms with Crippen LogP contribution in [0, 0.1) is 0 Å². The average Bonchev–Trinajstić information content (AvgIpc) is 3.16. The van der Waals surface area contributed by atoms with Crippen LogP contribution in [-0.4, -0.2) is 11.0 Å². The smallest absolute Gasteiger partial charge is 0.0966 e. The van der Waals surface area contributed by atoms with Crippen LogP contribution in [0.4, 0.5) is 0 Å². The first-order valence-corrected chi connectivity index (χ1v) is 8.50. The number of aromatic nitrogens is 1. The van der Waals surface area contributed by atoms with Gasteiger partial charge < -0.3 is 5.32 Å². The predicted octanol–water partition coefficient (Wildman–Crippen LogP) is 4.33. The molecular formula is C17H20N2S. The number of rotatable bonds is 5. The lowest BCUT2D eigenvalue weighted by Gasteiger charge is -2.22. The minimum atomic E-state index is 0.733. The van der Waals surface area contributed by atoms with Crippen LogP contribution in [0.25, 0.3) is 11.3 Å². The standard InChI is InChI=1S/C17H20N2S/c1-2-5-12(6-3-1)16-15(11-18-14-9-10-14)20-17(19-16)13-7-4-8-13/h1-3,5-6,13-14,18H,4,7-11H2. The van der Waals surface area contributed by atoms with E-state index in [9.17, 15) is 0 Å². The normalized spacial score (nSPS) is 19.0. The molecule has 2 aliphatic carbocycles. The topological polar surface area (TPSA) is 24.9 Å². The fourth-order valence-electron chi connectivity index (χ4n) is 2.67. The molecule has 2 aliphatic rings. The number of hydrogen-bond acceptors (Lipinski definition) is 3. The van der Waals surface area contributed by atoms with Crippen molar-refractivity contribution in [1.29, 1.82) is 0 Å². The molecule has 0 atom stereocenters. The summed E-state index contributed by atoms with van der Waals surface area (Å²) in [4.78, 5) is 6.40. The van der Waals surface area contributed by atoms with Gasteiger partial charge in [0, 0.05) is 28.9 Å². The second kappa shape index (κ2) is 5.30. The number of nitrogens with zero attached hydrogens (tertiary/aromatic N) is 1. The van der Waals surface area contributed by atoms with E-state index in [1.807, 2.05) is 11.3 Å². The zero-order chi connectivity index (χ0) is 13.4. The molecule has 0 amide bonds. The number of nitrogens with one attached hydrogen (secondary N) is 1. The van der Waals surface area contributed by atoms with E-state index in [2.05, 4.69) is 35.6 Å². The molecule has 4 rings (SSSR count). The molecule has 0 radical (unpaired) electrons. The third kappa shape index (κ3) is 2.52. The molecule has 2 nitrogen and oxygen atoms in total. The van der Waals surface area contributed by atoms with E-state index in [0.29, 0.717) is 0 Å². The van der Waals surface area contributed by atoms with Crippen molar-refractivity contribution < 1.29 is 0 Å². The Kier molecular flexibility index (Phi) is 3.32. The van der Waals surface area contributed by atoms with Crippen molar-refractivity contribution in [3.63, 3.8) is 0 Å². The zero-order valence-electron chi connectivity index (χ0n) is 11.6. The van der Waals surface area contributed by atoms with Gasteiger partial charge >= 0.3 is 0 Å². The van der Waals surface area contributed by atoms with Gasteiger partial charge in [0.25, 0.3) is 0 Å². The number of benzene rings is 1. The second-order valence-corrected chi connectivity index (χ2v) is 7.09. The van der Waals surface area contributed by atoms with Gasteiger partial charge in [-0.25, -0.2) is 4.98 Å². The Morgan fingerprint density at radius 1 is 1.10 bits per heavy atom. The van der Waals surface area contributed by atoms with Gasteiger partial charge in [-0.1, -0.05) is 36.8 Å². The van der Waals surface area contributed by atoms with E-state index in [4.69, 9.17) is 4.98 Å². The molecular weight excluding hydrogens is 264 g/mol. The molecule has 0 spiro atoms. The largest absolute Gasteiger partial charge is 0.309 e. The van der Waals surface area contributed by atoms with Crippen LogP contribution in [-0.2, 0) is 6.54 Å². The SMILES string of the molecule is c1ccc(-c2nc(C3CCC3)sc2CNC2CC2)cc1. The Bertz CT molecular complexity index is 582. The van der Waals surface area contributed by atoms with Gasteiger partial charge in [0.2, 0.25) is 0 Å². The minimum Gasteiger partial charge on any atom is -0.309 e. The molecule has 1 aromatic carbocycles. The predicted molar refractivity (Wildman–Crippen MR) is 84.0 cm³/mol. The van der Waals surface area contributed by atoms with E-state index < -0.39 is 0 Å². The third-order valence-corrected chi connectivity index (χ3v) is 5.56. The molecule has 0 saturated heterocycles. The summed E-state index contributed by atoms with van der Waals surface area (Å²) >= 11 is 1.93. The first kappa shape index (κ1) is 12.5. The first-order valence-electron chi connectivity index (χ1n) is 7.68. The highest BCUT2D eigenvalue weighted by atomic mass is 32.1. The molecule has 2 saturated carbocycles. The van der Waals surface area contributed by atoms with E-state index in [1.54, 1.807) is 0 Å². The fraction of sp³-hybridized carbons (Fsp3) is 0.471. The maximum atomic E-state index is 4.98. The van der Waals surface area contributed by atoms with Crippen LogP contribution in [0.3, 0.4) is 0 Å². The Morgan fingerprint density at radius 3 is 2.55 bits per heavy atom. The van der Waals surface area contributed by atoms with Crippen molar-refractivity contribution in [2.75, 3.05) is 0 Å². The fourth-order valence-corrected chi connectivity index (χ4v) is 3.87. The molecule has 0 unspecified atom stereocenters. The third-order valence-electron chi connectivity index (χ3n) is 4.34. The minimum absolute atomic E-state index is 0.733. The van der Waals surface area contributed by atoms with Gasteiger partial charge in [0.05, 0.1) is 10.7 Å². The summed E-state index contributed by atoms with van der Waals surface area (Å²) in [5.41, 5.74) is 2.48. The molecule has 2 fully saturated rings. The summed E-state index contributed by atoms with van der Waals surface area (Å²) in [5.74, 6) is 0.733. The van der Waals surface area contributed by atoms with Gasteiger partial charge in [-0.15, -0.1) is 11.3 Å². The van der Waals surface area contributed by atoms with Gasteiger partial charge in [0.1, 0.15) is 0 Å². The second-order valence-electron chi connectivity index (χ2n) is 5.97. The molecule has 1 heterocycles. The van der Waals surface area contributed by atoms with Crippen LogP contribution in [0.2, 0.25) is 0 Å². The molecule has 0 bridgehead atoms. The lowest BCUT2D eigenvalue weighted by atomic mass is 9.86. The van der Waals surface area contributed by atoms with Gasteiger partial charge in [-0.3, -0.25) is 0 Å². The zero-order valence-corrected chi connectivity index (χ0v) is 12.5.